The van der Waals surface area contributed by atoms with Gasteiger partial charge in [0.15, 0.2) is 11.4 Å². The van der Waals surface area contributed by atoms with Crippen LogP contribution in [0.15, 0.2) is 27.4 Å². The Hall–Kier alpha value is -1.88. The summed E-state index contributed by atoms with van der Waals surface area (Å²) in [5.41, 5.74) is 7.13. The Morgan fingerprint density at radius 2 is 2.17 bits per heavy atom. The molecular weight excluding hydrogens is 232 g/mol. The van der Waals surface area contributed by atoms with Crippen molar-refractivity contribution in [3.63, 3.8) is 0 Å². The highest BCUT2D eigenvalue weighted by molar-refractivity contribution is 6.00. The lowest BCUT2D eigenvalue weighted by Crippen LogP contribution is -2.28. The zero-order valence-corrected chi connectivity index (χ0v) is 10.4. The Labute approximate surface area is 104 Å². The predicted octanol–water partition coefficient (Wildman–Crippen LogP) is 1.53. The van der Waals surface area contributed by atoms with Gasteiger partial charge in [-0.2, -0.15) is 0 Å². The number of benzene rings is 1. The van der Waals surface area contributed by atoms with Gasteiger partial charge >= 0.3 is 5.76 Å². The number of aromatic amines is 1. The molecule has 0 spiro atoms. The second-order valence-corrected chi connectivity index (χ2v) is 4.68. The van der Waals surface area contributed by atoms with Gasteiger partial charge in [0.2, 0.25) is 0 Å². The standard InChI is InChI=1S/C13H16N2O3/c1-7(2)9(6-14)12(16)8-3-4-10-11(5-8)18-13(17)15-10/h3-5,7,9H,6,14H2,1-2H3,(H,15,17). The van der Waals surface area contributed by atoms with Crippen molar-refractivity contribution in [1.29, 1.82) is 0 Å². The van der Waals surface area contributed by atoms with E-state index in [0.717, 1.165) is 0 Å². The summed E-state index contributed by atoms with van der Waals surface area (Å²) in [6.07, 6.45) is 0. The highest BCUT2D eigenvalue weighted by Crippen LogP contribution is 2.19. The number of rotatable bonds is 4. The van der Waals surface area contributed by atoms with Crippen molar-refractivity contribution in [1.82, 2.24) is 4.98 Å². The van der Waals surface area contributed by atoms with E-state index in [1.165, 1.54) is 0 Å². The molecular formula is C13H16N2O3. The molecule has 18 heavy (non-hydrogen) atoms. The number of nitrogens with two attached hydrogens (primary N) is 1. The minimum atomic E-state index is -0.520. The van der Waals surface area contributed by atoms with Crippen molar-refractivity contribution >= 4 is 16.9 Å². The minimum Gasteiger partial charge on any atom is -0.408 e. The van der Waals surface area contributed by atoms with Gasteiger partial charge in [0.25, 0.3) is 0 Å². The van der Waals surface area contributed by atoms with E-state index in [0.29, 0.717) is 23.2 Å². The molecule has 5 heteroatoms. The highest BCUT2D eigenvalue weighted by atomic mass is 16.4. The van der Waals surface area contributed by atoms with Crippen LogP contribution in [0.2, 0.25) is 0 Å². The van der Waals surface area contributed by atoms with Crippen molar-refractivity contribution in [2.75, 3.05) is 6.54 Å². The first kappa shape index (κ1) is 12.6. The molecule has 0 aliphatic rings. The first-order valence-electron chi connectivity index (χ1n) is 5.90. The van der Waals surface area contributed by atoms with Gasteiger partial charge in [-0.3, -0.25) is 9.78 Å². The maximum atomic E-state index is 12.3. The van der Waals surface area contributed by atoms with Crippen LogP contribution in [0.4, 0.5) is 0 Å². The summed E-state index contributed by atoms with van der Waals surface area (Å²) in [7, 11) is 0. The fraction of sp³-hybridized carbons (Fsp3) is 0.385. The quantitative estimate of drug-likeness (QED) is 0.803. The number of hydrogen-bond donors (Lipinski definition) is 2. The largest absolute Gasteiger partial charge is 0.417 e. The van der Waals surface area contributed by atoms with E-state index in [1.54, 1.807) is 18.2 Å². The van der Waals surface area contributed by atoms with Gasteiger partial charge in [-0.25, -0.2) is 4.79 Å². The molecule has 0 aliphatic carbocycles. The fourth-order valence-electron chi connectivity index (χ4n) is 1.99. The molecule has 3 N–H and O–H groups in total. The van der Waals surface area contributed by atoms with E-state index in [-0.39, 0.29) is 17.6 Å². The Bertz CT molecular complexity index is 624. The first-order valence-corrected chi connectivity index (χ1v) is 5.90. The molecule has 2 rings (SSSR count). The normalized spacial score (nSPS) is 13.1. The number of H-pyrrole nitrogens is 1. The zero-order valence-electron chi connectivity index (χ0n) is 10.4. The molecule has 0 fully saturated rings. The predicted molar refractivity (Wildman–Crippen MR) is 68.5 cm³/mol. The molecule has 0 aliphatic heterocycles. The zero-order chi connectivity index (χ0) is 13.3. The topological polar surface area (TPSA) is 89.1 Å². The summed E-state index contributed by atoms with van der Waals surface area (Å²) in [6.45, 7) is 4.24. The number of hydrogen-bond acceptors (Lipinski definition) is 4. The van der Waals surface area contributed by atoms with Crippen LogP contribution in [0, 0.1) is 11.8 Å². The molecule has 96 valence electrons. The third-order valence-electron chi connectivity index (χ3n) is 3.10. The molecule has 0 saturated heterocycles. The Morgan fingerprint density at radius 1 is 1.44 bits per heavy atom. The lowest BCUT2D eigenvalue weighted by atomic mass is 9.88. The van der Waals surface area contributed by atoms with Crippen molar-refractivity contribution in [2.45, 2.75) is 13.8 Å². The summed E-state index contributed by atoms with van der Waals surface area (Å²) < 4.78 is 4.94. The number of Topliss-reactive ketones (excluding diaryl/α,β-unsaturated/α-hetero) is 1. The van der Waals surface area contributed by atoms with Crippen molar-refractivity contribution < 1.29 is 9.21 Å². The number of ketones is 1. The molecule has 1 heterocycles. The van der Waals surface area contributed by atoms with E-state index in [1.807, 2.05) is 13.8 Å². The minimum absolute atomic E-state index is 0.0155. The maximum Gasteiger partial charge on any atom is 0.417 e. The van der Waals surface area contributed by atoms with E-state index in [2.05, 4.69) is 4.98 Å². The smallest absolute Gasteiger partial charge is 0.408 e. The van der Waals surface area contributed by atoms with Gasteiger partial charge in [-0.15, -0.1) is 0 Å². The molecule has 1 aromatic heterocycles. The lowest BCUT2D eigenvalue weighted by Gasteiger charge is -2.17. The van der Waals surface area contributed by atoms with Gasteiger partial charge in [-0.1, -0.05) is 13.8 Å². The number of carbonyl (C=O) groups excluding carboxylic acids is 1. The lowest BCUT2D eigenvalue weighted by molar-refractivity contribution is 0.0892. The summed E-state index contributed by atoms with van der Waals surface area (Å²) in [4.78, 5) is 25.8. The van der Waals surface area contributed by atoms with E-state index >= 15 is 0 Å². The van der Waals surface area contributed by atoms with Crippen LogP contribution in [-0.2, 0) is 0 Å². The maximum absolute atomic E-state index is 12.3. The van der Waals surface area contributed by atoms with Gasteiger partial charge in [0.05, 0.1) is 5.52 Å². The molecule has 2 aromatic rings. The van der Waals surface area contributed by atoms with Gasteiger partial charge in [0, 0.05) is 18.0 Å². The van der Waals surface area contributed by atoms with Crippen LogP contribution in [-0.4, -0.2) is 17.3 Å². The molecule has 0 bridgehead atoms. The van der Waals surface area contributed by atoms with Crippen molar-refractivity contribution in [3.05, 3.63) is 34.3 Å². The van der Waals surface area contributed by atoms with Gasteiger partial charge in [0.1, 0.15) is 0 Å². The Kier molecular flexibility index (Phi) is 3.34. The summed E-state index contributed by atoms with van der Waals surface area (Å²) in [5.74, 6) is -0.573. The van der Waals surface area contributed by atoms with Crippen LogP contribution in [0.3, 0.4) is 0 Å². The summed E-state index contributed by atoms with van der Waals surface area (Å²) >= 11 is 0. The van der Waals surface area contributed by atoms with E-state index in [4.69, 9.17) is 10.2 Å². The van der Waals surface area contributed by atoms with Gasteiger partial charge in [-0.05, 0) is 24.1 Å². The third kappa shape index (κ3) is 2.22. The average molecular weight is 248 g/mol. The van der Waals surface area contributed by atoms with Crippen molar-refractivity contribution in [3.8, 4) is 0 Å². The number of aromatic nitrogens is 1. The van der Waals surface area contributed by atoms with Crippen LogP contribution in [0.1, 0.15) is 24.2 Å². The fourth-order valence-corrected chi connectivity index (χ4v) is 1.99. The van der Waals surface area contributed by atoms with Crippen LogP contribution in [0.25, 0.3) is 11.1 Å². The second-order valence-electron chi connectivity index (χ2n) is 4.68. The SMILES string of the molecule is CC(C)C(CN)C(=O)c1ccc2[nH]c(=O)oc2c1. The number of fused-ring (bicyclic) bond motifs is 1. The summed E-state index contributed by atoms with van der Waals surface area (Å²) in [6, 6.07) is 4.93. The third-order valence-corrected chi connectivity index (χ3v) is 3.10. The summed E-state index contributed by atoms with van der Waals surface area (Å²) in [5, 5.41) is 0. The molecule has 5 nitrogen and oxygen atoms in total. The van der Waals surface area contributed by atoms with Gasteiger partial charge < -0.3 is 10.2 Å². The highest BCUT2D eigenvalue weighted by Gasteiger charge is 2.22. The van der Waals surface area contributed by atoms with Crippen LogP contribution < -0.4 is 11.5 Å². The Morgan fingerprint density at radius 3 is 2.78 bits per heavy atom. The molecule has 1 atom stereocenters. The number of oxazole rings is 1. The van der Waals surface area contributed by atoms with Crippen LogP contribution >= 0.6 is 0 Å². The number of nitrogens with one attached hydrogen (secondary N) is 1. The second kappa shape index (κ2) is 4.78. The average Bonchev–Trinajstić information content (AvgIpc) is 2.68. The monoisotopic (exact) mass is 248 g/mol. The molecule has 0 amide bonds. The van der Waals surface area contributed by atoms with Crippen molar-refractivity contribution in [2.24, 2.45) is 17.6 Å². The number of carbonyl (C=O) groups is 1. The molecule has 0 saturated carbocycles. The van der Waals surface area contributed by atoms with E-state index < -0.39 is 5.76 Å². The van der Waals surface area contributed by atoms with E-state index in [9.17, 15) is 9.59 Å². The molecule has 1 aromatic carbocycles. The van der Waals surface area contributed by atoms with Crippen LogP contribution in [0.5, 0.6) is 0 Å². The molecule has 1 unspecified atom stereocenters. The molecule has 0 radical (unpaired) electrons. The Balaban J connectivity index is 2.41. The first-order chi connectivity index (χ1) is 8.52.